The molecule has 0 bridgehead atoms. The second-order valence-electron chi connectivity index (χ2n) is 7.39. The Morgan fingerprint density at radius 3 is 2.38 bits per heavy atom. The number of rotatable bonds is 7. The quantitative estimate of drug-likeness (QED) is 0.502. The molecule has 0 saturated heterocycles. The number of aromatic nitrogens is 2. The third-order valence-electron chi connectivity index (χ3n) is 4.62. The van der Waals surface area contributed by atoms with E-state index in [1.54, 1.807) is 25.9 Å². The minimum Gasteiger partial charge on any atom is -0.435 e. The summed E-state index contributed by atoms with van der Waals surface area (Å²) in [4.78, 5) is 14.7. The van der Waals surface area contributed by atoms with Gasteiger partial charge >= 0.3 is 6.61 Å². The van der Waals surface area contributed by atoms with Crippen LogP contribution in [0.4, 0.5) is 29.1 Å². The first-order valence-electron chi connectivity index (χ1n) is 9.59. The number of hydrogen-bond acceptors (Lipinski definition) is 4. The highest BCUT2D eigenvalue weighted by atomic mass is 19.3. The lowest BCUT2D eigenvalue weighted by Crippen LogP contribution is -2.20. The smallest absolute Gasteiger partial charge is 0.387 e. The molecule has 1 N–H and O–H groups in total. The zero-order valence-electron chi connectivity index (χ0n) is 17.9. The van der Waals surface area contributed by atoms with Crippen molar-refractivity contribution in [2.75, 3.05) is 24.3 Å². The van der Waals surface area contributed by atoms with E-state index in [4.69, 9.17) is 0 Å². The Balaban J connectivity index is 1.96. The fourth-order valence-corrected chi connectivity index (χ4v) is 3.21. The molecule has 170 valence electrons. The molecule has 0 atom stereocenters. The molecule has 3 aromatic rings. The van der Waals surface area contributed by atoms with Crippen LogP contribution in [0.2, 0.25) is 0 Å². The molecule has 0 radical (unpaired) electrons. The molecular weight excluding hydrogens is 428 g/mol. The predicted molar refractivity (Wildman–Crippen MR) is 113 cm³/mol. The highest BCUT2D eigenvalue weighted by molar-refractivity contribution is 6.08. The molecule has 0 aliphatic heterocycles. The van der Waals surface area contributed by atoms with Crippen LogP contribution in [-0.2, 0) is 5.92 Å². The monoisotopic (exact) mass is 450 g/mol. The Bertz CT molecular complexity index is 1110. The summed E-state index contributed by atoms with van der Waals surface area (Å²) in [5.74, 6) is -3.15. The van der Waals surface area contributed by atoms with Crippen molar-refractivity contribution in [1.29, 1.82) is 0 Å². The lowest BCUT2D eigenvalue weighted by atomic mass is 10.1. The zero-order valence-corrected chi connectivity index (χ0v) is 17.9. The number of alkyl halides is 4. The first kappa shape index (κ1) is 23.1. The van der Waals surface area contributed by atoms with Gasteiger partial charge < -0.3 is 15.0 Å². The van der Waals surface area contributed by atoms with Gasteiger partial charge in [-0.25, -0.2) is 13.5 Å². The average Bonchev–Trinajstić information content (AvgIpc) is 3.05. The summed E-state index contributed by atoms with van der Waals surface area (Å²) in [7, 11) is 3.44. The average molecular weight is 450 g/mol. The van der Waals surface area contributed by atoms with Gasteiger partial charge in [-0.3, -0.25) is 4.79 Å². The molecule has 1 heterocycles. The minimum absolute atomic E-state index is 0.00962. The molecular formula is C22H22F4N4O2. The first-order chi connectivity index (χ1) is 15.0. The van der Waals surface area contributed by atoms with Crippen LogP contribution >= 0.6 is 0 Å². The molecule has 1 aromatic heterocycles. The van der Waals surface area contributed by atoms with E-state index >= 15 is 0 Å². The Labute approximate surface area is 182 Å². The highest BCUT2D eigenvalue weighted by Gasteiger charge is 2.26. The van der Waals surface area contributed by atoms with Crippen molar-refractivity contribution in [3.05, 3.63) is 65.4 Å². The van der Waals surface area contributed by atoms with E-state index in [0.29, 0.717) is 17.2 Å². The number of carbonyl (C=O) groups excluding carboxylic acids is 1. The van der Waals surface area contributed by atoms with Crippen LogP contribution in [0.1, 0.15) is 28.5 Å². The van der Waals surface area contributed by atoms with Gasteiger partial charge in [0.05, 0.1) is 11.4 Å². The van der Waals surface area contributed by atoms with Gasteiger partial charge in [0.2, 0.25) is 0 Å². The normalized spacial score (nSPS) is 11.5. The summed E-state index contributed by atoms with van der Waals surface area (Å²) >= 11 is 0. The lowest BCUT2D eigenvalue weighted by Gasteiger charge is -2.18. The van der Waals surface area contributed by atoms with Crippen molar-refractivity contribution in [1.82, 2.24) is 9.78 Å². The SMILES string of the molecule is Cc1nn(-c2ccc(OC(F)F)cc2)c(N(C)C)c1C(=O)Nc1cccc(C(C)(F)F)c1. The van der Waals surface area contributed by atoms with E-state index in [-0.39, 0.29) is 22.6 Å². The Kier molecular flexibility index (Phi) is 6.42. The summed E-state index contributed by atoms with van der Waals surface area (Å²) in [6.45, 7) is -0.515. The number of carbonyl (C=O) groups is 1. The second kappa shape index (κ2) is 8.89. The molecule has 2 aromatic carbocycles. The molecule has 1 amide bonds. The third kappa shape index (κ3) is 5.01. The number of nitrogens with zero attached hydrogens (tertiary/aromatic N) is 3. The molecule has 10 heteroatoms. The van der Waals surface area contributed by atoms with Crippen LogP contribution in [-0.4, -0.2) is 36.4 Å². The molecule has 0 saturated carbocycles. The first-order valence-corrected chi connectivity index (χ1v) is 9.59. The van der Waals surface area contributed by atoms with Gasteiger partial charge in [0, 0.05) is 32.3 Å². The maximum absolute atomic E-state index is 13.6. The topological polar surface area (TPSA) is 59.4 Å². The van der Waals surface area contributed by atoms with Crippen molar-refractivity contribution in [3.63, 3.8) is 0 Å². The summed E-state index contributed by atoms with van der Waals surface area (Å²) in [5, 5.41) is 7.06. The summed E-state index contributed by atoms with van der Waals surface area (Å²) < 4.78 is 57.9. The largest absolute Gasteiger partial charge is 0.435 e. The van der Waals surface area contributed by atoms with Crippen molar-refractivity contribution in [2.45, 2.75) is 26.4 Å². The van der Waals surface area contributed by atoms with Gasteiger partial charge in [-0.15, -0.1) is 0 Å². The maximum Gasteiger partial charge on any atom is 0.387 e. The number of nitrogens with one attached hydrogen (secondary N) is 1. The van der Waals surface area contributed by atoms with Crippen LogP contribution in [0.15, 0.2) is 48.5 Å². The fourth-order valence-electron chi connectivity index (χ4n) is 3.21. The Morgan fingerprint density at radius 1 is 1.16 bits per heavy atom. The van der Waals surface area contributed by atoms with E-state index in [1.165, 1.54) is 53.2 Å². The number of halogens is 4. The molecule has 3 rings (SSSR count). The number of ether oxygens (including phenoxy) is 1. The van der Waals surface area contributed by atoms with E-state index in [0.717, 1.165) is 6.92 Å². The number of benzene rings is 2. The standard InChI is InChI=1S/C22H22F4N4O2/c1-13-18(19(31)27-15-7-5-6-14(12-15)22(2,25)26)20(29(3)4)30(28-13)16-8-10-17(11-9-16)32-21(23)24/h5-12,21H,1-4H3,(H,27,31). The van der Waals surface area contributed by atoms with Crippen LogP contribution < -0.4 is 15.0 Å². The number of aryl methyl sites for hydroxylation is 1. The van der Waals surface area contributed by atoms with Crippen molar-refractivity contribution < 1.29 is 27.1 Å². The molecule has 0 aliphatic rings. The van der Waals surface area contributed by atoms with Gasteiger partial charge in [-0.2, -0.15) is 13.9 Å². The van der Waals surface area contributed by atoms with E-state index in [1.807, 2.05) is 0 Å². The Hall–Kier alpha value is -3.56. The maximum atomic E-state index is 13.6. The van der Waals surface area contributed by atoms with E-state index in [9.17, 15) is 22.4 Å². The third-order valence-corrected chi connectivity index (χ3v) is 4.62. The minimum atomic E-state index is -3.05. The van der Waals surface area contributed by atoms with Crippen LogP contribution in [0.5, 0.6) is 5.75 Å². The molecule has 0 spiro atoms. The van der Waals surface area contributed by atoms with Gasteiger partial charge in [0.1, 0.15) is 17.1 Å². The van der Waals surface area contributed by atoms with Gasteiger partial charge in [-0.05, 0) is 43.3 Å². The number of hydrogen-bond donors (Lipinski definition) is 1. The van der Waals surface area contributed by atoms with Gasteiger partial charge in [0.25, 0.3) is 11.8 Å². The summed E-state index contributed by atoms with van der Waals surface area (Å²) in [5.41, 5.74) is 1.17. The molecule has 0 unspecified atom stereocenters. The van der Waals surface area contributed by atoms with Crippen LogP contribution in [0, 0.1) is 6.92 Å². The number of anilines is 2. The fraction of sp³-hybridized carbons (Fsp3) is 0.273. The second-order valence-corrected chi connectivity index (χ2v) is 7.39. The van der Waals surface area contributed by atoms with Crippen molar-refractivity contribution in [3.8, 4) is 11.4 Å². The molecule has 0 aliphatic carbocycles. The van der Waals surface area contributed by atoms with Crippen molar-refractivity contribution >= 4 is 17.4 Å². The highest BCUT2D eigenvalue weighted by Crippen LogP contribution is 2.30. The Morgan fingerprint density at radius 2 is 1.81 bits per heavy atom. The summed E-state index contributed by atoms with van der Waals surface area (Å²) in [6.07, 6.45) is 0. The van der Waals surface area contributed by atoms with Crippen LogP contribution in [0.3, 0.4) is 0 Å². The molecule has 0 fully saturated rings. The molecule has 6 nitrogen and oxygen atoms in total. The number of amides is 1. The zero-order chi connectivity index (χ0) is 23.6. The van der Waals surface area contributed by atoms with Crippen molar-refractivity contribution in [2.24, 2.45) is 0 Å². The van der Waals surface area contributed by atoms with E-state index < -0.39 is 18.4 Å². The lowest BCUT2D eigenvalue weighted by molar-refractivity contribution is -0.0498. The van der Waals surface area contributed by atoms with E-state index in [2.05, 4.69) is 15.2 Å². The summed E-state index contributed by atoms with van der Waals surface area (Å²) in [6, 6.07) is 11.3. The predicted octanol–water partition coefficient (Wildman–Crippen LogP) is 5.21. The van der Waals surface area contributed by atoms with Gasteiger partial charge in [-0.1, -0.05) is 12.1 Å². The van der Waals surface area contributed by atoms with Gasteiger partial charge in [0.15, 0.2) is 0 Å². The molecule has 32 heavy (non-hydrogen) atoms. The van der Waals surface area contributed by atoms with Crippen LogP contribution in [0.25, 0.3) is 5.69 Å².